The van der Waals surface area contributed by atoms with Gasteiger partial charge in [-0.1, -0.05) is 30.3 Å². The van der Waals surface area contributed by atoms with Crippen LogP contribution in [0.15, 0.2) is 72.9 Å². The smallest absolute Gasteiger partial charge is 0.356 e. The fraction of sp³-hybridized carbons (Fsp3) is 0.207. The summed E-state index contributed by atoms with van der Waals surface area (Å²) in [6.07, 6.45) is -4.08. The average molecular weight is 552 g/mol. The summed E-state index contributed by atoms with van der Waals surface area (Å²) in [4.78, 5) is 34.5. The first-order valence-electron chi connectivity index (χ1n) is 12.5. The Kier molecular flexibility index (Phi) is 7.29. The summed E-state index contributed by atoms with van der Waals surface area (Å²) in [5.41, 5.74) is 2.82. The lowest BCUT2D eigenvalue weighted by atomic mass is 9.92. The van der Waals surface area contributed by atoms with Crippen molar-refractivity contribution in [2.75, 3.05) is 24.2 Å². The van der Waals surface area contributed by atoms with Gasteiger partial charge in [-0.05, 0) is 42.0 Å². The molecular formula is C29H25F4N5O2. The highest BCUT2D eigenvalue weighted by atomic mass is 19.4. The molecule has 40 heavy (non-hydrogen) atoms. The van der Waals surface area contributed by atoms with E-state index in [1.807, 2.05) is 6.07 Å². The van der Waals surface area contributed by atoms with E-state index in [4.69, 9.17) is 0 Å². The van der Waals surface area contributed by atoms with Gasteiger partial charge in [0.25, 0.3) is 5.91 Å². The number of H-pyrrole nitrogens is 1. The van der Waals surface area contributed by atoms with Crippen LogP contribution in [0, 0.1) is 5.82 Å². The van der Waals surface area contributed by atoms with Crippen molar-refractivity contribution in [1.29, 1.82) is 0 Å². The molecule has 7 nitrogen and oxygen atoms in total. The molecule has 3 N–H and O–H groups in total. The maximum absolute atomic E-state index is 13.5. The average Bonchev–Trinajstić information content (AvgIpc) is 3.28. The number of nitrogens with one attached hydrogen (secondary N) is 3. The second kappa shape index (κ2) is 10.8. The normalized spacial score (nSPS) is 15.1. The Labute approximate surface area is 227 Å². The molecule has 206 valence electrons. The minimum absolute atomic E-state index is 0.0102. The molecule has 0 unspecified atom stereocenters. The first-order chi connectivity index (χ1) is 19.1. The number of para-hydroxylation sites is 1. The second-order valence-corrected chi connectivity index (χ2v) is 9.64. The van der Waals surface area contributed by atoms with Crippen LogP contribution >= 0.6 is 0 Å². The van der Waals surface area contributed by atoms with Gasteiger partial charge in [-0.25, -0.2) is 9.37 Å². The Morgan fingerprint density at radius 3 is 2.52 bits per heavy atom. The van der Waals surface area contributed by atoms with E-state index in [0.717, 1.165) is 0 Å². The van der Waals surface area contributed by atoms with Crippen LogP contribution in [0.4, 0.5) is 34.8 Å². The third-order valence-electron chi connectivity index (χ3n) is 6.61. The summed E-state index contributed by atoms with van der Waals surface area (Å²) in [7, 11) is 1.48. The molecule has 0 fully saturated rings. The summed E-state index contributed by atoms with van der Waals surface area (Å²) in [6, 6.07) is 17.7. The fourth-order valence-electron chi connectivity index (χ4n) is 4.83. The van der Waals surface area contributed by atoms with Crippen LogP contribution in [0.1, 0.15) is 34.0 Å². The molecule has 1 atom stereocenters. The Bertz CT molecular complexity index is 1530. The standard InChI is InChI=1S/C29H25F4N5O2/c1-38-16-19(15-29(31,32)33)25-24(28(38)40)27(35-21-5-3-2-4-6-21)26(37-25)18-11-12-34-22(14-18)36-23(39)13-17-7-9-20(30)10-8-17/h2-12,14,19,35,37H,13,15-16H2,1H3,(H,34,36,39)/t19-/m1/s1. The third kappa shape index (κ3) is 5.98. The van der Waals surface area contributed by atoms with Crippen LogP contribution in [0.2, 0.25) is 0 Å². The lowest BCUT2D eigenvalue weighted by molar-refractivity contribution is -0.139. The van der Waals surface area contributed by atoms with Crippen molar-refractivity contribution < 1.29 is 27.2 Å². The first kappa shape index (κ1) is 26.9. The van der Waals surface area contributed by atoms with Crippen LogP contribution in [0.3, 0.4) is 0 Å². The Morgan fingerprint density at radius 2 is 1.82 bits per heavy atom. The van der Waals surface area contributed by atoms with E-state index in [2.05, 4.69) is 20.6 Å². The molecule has 3 heterocycles. The number of amides is 2. The molecule has 2 aromatic heterocycles. The Hall–Kier alpha value is -4.67. The predicted octanol–water partition coefficient (Wildman–Crippen LogP) is 6.26. The van der Waals surface area contributed by atoms with Gasteiger partial charge >= 0.3 is 6.18 Å². The van der Waals surface area contributed by atoms with E-state index >= 15 is 0 Å². The maximum Gasteiger partial charge on any atom is 0.389 e. The highest BCUT2D eigenvalue weighted by molar-refractivity contribution is 6.06. The molecule has 4 aromatic rings. The van der Waals surface area contributed by atoms with E-state index in [9.17, 15) is 27.2 Å². The molecule has 0 bridgehead atoms. The molecule has 0 radical (unpaired) electrons. The summed E-state index contributed by atoms with van der Waals surface area (Å²) in [6.45, 7) is -0.0862. The van der Waals surface area contributed by atoms with Gasteiger partial charge in [-0.2, -0.15) is 13.2 Å². The predicted molar refractivity (Wildman–Crippen MR) is 143 cm³/mol. The zero-order valence-corrected chi connectivity index (χ0v) is 21.3. The van der Waals surface area contributed by atoms with Crippen molar-refractivity contribution in [3.8, 4) is 11.3 Å². The molecule has 1 aliphatic rings. The van der Waals surface area contributed by atoms with Gasteiger partial charge in [0.1, 0.15) is 11.6 Å². The zero-order valence-electron chi connectivity index (χ0n) is 21.3. The van der Waals surface area contributed by atoms with Crippen LogP contribution < -0.4 is 10.6 Å². The van der Waals surface area contributed by atoms with Crippen molar-refractivity contribution in [2.24, 2.45) is 0 Å². The Balaban J connectivity index is 1.53. The summed E-state index contributed by atoms with van der Waals surface area (Å²) in [5, 5.41) is 5.91. The van der Waals surface area contributed by atoms with E-state index < -0.39 is 30.2 Å². The minimum atomic E-state index is -4.43. The second-order valence-electron chi connectivity index (χ2n) is 9.64. The lowest BCUT2D eigenvalue weighted by Gasteiger charge is -2.30. The minimum Gasteiger partial charge on any atom is -0.356 e. The monoisotopic (exact) mass is 551 g/mol. The van der Waals surface area contributed by atoms with Gasteiger partial charge in [-0.15, -0.1) is 0 Å². The van der Waals surface area contributed by atoms with E-state index in [-0.39, 0.29) is 35.9 Å². The molecule has 11 heteroatoms. The maximum atomic E-state index is 13.5. The van der Waals surface area contributed by atoms with Gasteiger partial charge in [-0.3, -0.25) is 9.59 Å². The van der Waals surface area contributed by atoms with Crippen LogP contribution in [0.5, 0.6) is 0 Å². The highest BCUT2D eigenvalue weighted by Gasteiger charge is 2.41. The molecule has 2 amide bonds. The fourth-order valence-corrected chi connectivity index (χ4v) is 4.83. The number of pyridine rings is 1. The third-order valence-corrected chi connectivity index (χ3v) is 6.61. The number of alkyl halides is 3. The zero-order chi connectivity index (χ0) is 28.4. The van der Waals surface area contributed by atoms with Crippen molar-refractivity contribution in [3.05, 3.63) is 95.6 Å². The number of hydrogen-bond donors (Lipinski definition) is 3. The van der Waals surface area contributed by atoms with Crippen molar-refractivity contribution in [3.63, 3.8) is 0 Å². The largest absolute Gasteiger partial charge is 0.389 e. The first-order valence-corrected chi connectivity index (χ1v) is 12.5. The van der Waals surface area contributed by atoms with Crippen LogP contribution in [-0.4, -0.2) is 46.5 Å². The van der Waals surface area contributed by atoms with Crippen LogP contribution in [-0.2, 0) is 11.2 Å². The number of likely N-dealkylation sites (N-methyl/N-ethyl adjacent to an activating group) is 1. The molecule has 1 aliphatic heterocycles. The molecule has 0 saturated carbocycles. The molecule has 5 rings (SSSR count). The number of halogens is 4. The van der Waals surface area contributed by atoms with E-state index in [1.54, 1.807) is 36.4 Å². The number of aromatic amines is 1. The van der Waals surface area contributed by atoms with Gasteiger partial charge in [0.05, 0.1) is 29.8 Å². The summed E-state index contributed by atoms with van der Waals surface area (Å²) >= 11 is 0. The van der Waals surface area contributed by atoms with Crippen molar-refractivity contribution >= 4 is 29.0 Å². The number of hydrogen-bond acceptors (Lipinski definition) is 4. The van der Waals surface area contributed by atoms with Crippen LogP contribution in [0.25, 0.3) is 11.3 Å². The summed E-state index contributed by atoms with van der Waals surface area (Å²) in [5.74, 6) is -1.98. The van der Waals surface area contributed by atoms with Gasteiger partial charge in [0, 0.05) is 42.7 Å². The molecule has 0 saturated heterocycles. The molecule has 0 aliphatic carbocycles. The number of carbonyl (C=O) groups is 2. The van der Waals surface area contributed by atoms with E-state index in [0.29, 0.717) is 28.2 Å². The number of fused-ring (bicyclic) bond motifs is 1. The number of nitrogens with zero attached hydrogens (tertiary/aromatic N) is 2. The molecular weight excluding hydrogens is 526 g/mol. The molecule has 0 spiro atoms. The van der Waals surface area contributed by atoms with Crippen molar-refractivity contribution in [1.82, 2.24) is 14.9 Å². The molecule has 2 aromatic carbocycles. The van der Waals surface area contributed by atoms with Gasteiger partial charge < -0.3 is 20.5 Å². The van der Waals surface area contributed by atoms with Gasteiger partial charge in [0.15, 0.2) is 0 Å². The lowest BCUT2D eigenvalue weighted by Crippen LogP contribution is -2.38. The number of benzene rings is 2. The van der Waals surface area contributed by atoms with Crippen molar-refractivity contribution in [2.45, 2.75) is 24.9 Å². The number of aromatic nitrogens is 2. The number of carbonyl (C=O) groups excluding carboxylic acids is 2. The van der Waals surface area contributed by atoms with Gasteiger partial charge in [0.2, 0.25) is 5.91 Å². The Morgan fingerprint density at radius 1 is 1.10 bits per heavy atom. The number of rotatable bonds is 7. The highest BCUT2D eigenvalue weighted by Crippen LogP contribution is 2.44. The number of anilines is 3. The SMILES string of the molecule is CN1C[C@@H](CC(F)(F)F)c2[nH]c(-c3ccnc(NC(=O)Cc4ccc(F)cc4)c3)c(Nc3ccccc3)c2C1=O. The van der Waals surface area contributed by atoms with E-state index in [1.165, 1.54) is 42.4 Å². The summed E-state index contributed by atoms with van der Waals surface area (Å²) < 4.78 is 53.6. The topological polar surface area (TPSA) is 90.1 Å². The quantitative estimate of drug-likeness (QED) is 0.237.